The number of hydrogen-bond donors (Lipinski definition) is 1. The van der Waals surface area contributed by atoms with Gasteiger partial charge in [-0.2, -0.15) is 4.68 Å². The van der Waals surface area contributed by atoms with E-state index < -0.39 is 0 Å². The molecule has 0 unspecified atom stereocenters. The monoisotopic (exact) mass is 417 g/mol. The van der Waals surface area contributed by atoms with Crippen LogP contribution in [0.2, 0.25) is 0 Å². The first kappa shape index (κ1) is 17.6. The van der Waals surface area contributed by atoms with Crippen molar-refractivity contribution in [2.45, 2.75) is 18.5 Å². The fraction of sp³-hybridized carbons (Fsp3) is 0.176. The highest BCUT2D eigenvalue weighted by atomic mass is 79.9. The number of aryl methyl sites for hydroxylation is 1. The van der Waals surface area contributed by atoms with Crippen LogP contribution in [0.3, 0.4) is 0 Å². The van der Waals surface area contributed by atoms with Crippen LogP contribution in [0, 0.1) is 6.92 Å². The molecule has 0 fully saturated rings. The van der Waals surface area contributed by atoms with Crippen LogP contribution in [0.5, 0.6) is 0 Å². The summed E-state index contributed by atoms with van der Waals surface area (Å²) in [5, 5.41) is 15.3. The average Bonchev–Trinajstić information content (AvgIpc) is 3.06. The van der Waals surface area contributed by atoms with E-state index >= 15 is 0 Å². The largest absolute Gasteiger partial charge is 0.326 e. The Hall–Kier alpha value is -2.19. The molecule has 0 atom stereocenters. The maximum absolute atomic E-state index is 12.0. The van der Waals surface area contributed by atoms with Gasteiger partial charge >= 0.3 is 0 Å². The molecule has 0 aliphatic heterocycles. The van der Waals surface area contributed by atoms with Gasteiger partial charge in [-0.25, -0.2) is 0 Å². The zero-order valence-electron chi connectivity index (χ0n) is 13.5. The summed E-state index contributed by atoms with van der Waals surface area (Å²) in [7, 11) is 0. The number of thioether (sulfide) groups is 1. The van der Waals surface area contributed by atoms with Crippen LogP contribution in [0.25, 0.3) is 5.69 Å². The molecule has 3 aromatic rings. The number of rotatable bonds is 6. The van der Waals surface area contributed by atoms with Crippen LogP contribution in [0.4, 0.5) is 5.69 Å². The van der Waals surface area contributed by atoms with Crippen molar-refractivity contribution < 1.29 is 4.79 Å². The molecule has 25 heavy (non-hydrogen) atoms. The summed E-state index contributed by atoms with van der Waals surface area (Å²) in [5.74, 6) is 0.563. The lowest BCUT2D eigenvalue weighted by atomic mass is 10.2. The second-order valence-electron chi connectivity index (χ2n) is 5.36. The first-order valence-corrected chi connectivity index (χ1v) is 9.43. The lowest BCUT2D eigenvalue weighted by Crippen LogP contribution is -2.12. The smallest absolute Gasteiger partial charge is 0.225 e. The number of tetrazole rings is 1. The lowest BCUT2D eigenvalue weighted by molar-refractivity contribution is -0.115. The van der Waals surface area contributed by atoms with E-state index in [-0.39, 0.29) is 5.91 Å². The third-order valence-corrected chi connectivity index (χ3v) is 4.86. The fourth-order valence-electron chi connectivity index (χ4n) is 2.11. The highest BCUT2D eigenvalue weighted by Gasteiger charge is 2.10. The van der Waals surface area contributed by atoms with Gasteiger partial charge in [0.05, 0.1) is 5.69 Å². The second-order valence-corrected chi connectivity index (χ2v) is 7.34. The van der Waals surface area contributed by atoms with E-state index in [2.05, 4.69) is 36.8 Å². The molecule has 0 aliphatic rings. The van der Waals surface area contributed by atoms with Crippen molar-refractivity contribution in [1.29, 1.82) is 0 Å². The molecule has 1 aromatic heterocycles. The van der Waals surface area contributed by atoms with Gasteiger partial charge in [0.2, 0.25) is 11.1 Å². The zero-order chi connectivity index (χ0) is 17.6. The maximum atomic E-state index is 12.0. The number of nitrogens with one attached hydrogen (secondary N) is 1. The number of hydrogen-bond acceptors (Lipinski definition) is 5. The molecule has 8 heteroatoms. The summed E-state index contributed by atoms with van der Waals surface area (Å²) in [6.07, 6.45) is 0.381. The third-order valence-electron chi connectivity index (χ3n) is 3.41. The van der Waals surface area contributed by atoms with Gasteiger partial charge in [-0.05, 0) is 53.7 Å². The summed E-state index contributed by atoms with van der Waals surface area (Å²) in [4.78, 5) is 12.0. The number of carbonyl (C=O) groups excluding carboxylic acids is 1. The number of anilines is 1. The number of nitrogens with zero attached hydrogens (tertiary/aromatic N) is 4. The maximum Gasteiger partial charge on any atom is 0.225 e. The van der Waals surface area contributed by atoms with E-state index in [1.54, 1.807) is 4.68 Å². The number of halogens is 1. The Balaban J connectivity index is 1.54. The van der Waals surface area contributed by atoms with E-state index in [0.29, 0.717) is 17.3 Å². The molecule has 0 bridgehead atoms. The van der Waals surface area contributed by atoms with Gasteiger partial charge in [-0.15, -0.1) is 5.10 Å². The van der Waals surface area contributed by atoms with Crippen molar-refractivity contribution in [3.8, 4) is 5.69 Å². The minimum atomic E-state index is -0.0287. The number of amides is 1. The van der Waals surface area contributed by atoms with Crippen LogP contribution in [0.1, 0.15) is 12.0 Å². The highest BCUT2D eigenvalue weighted by Crippen LogP contribution is 2.20. The van der Waals surface area contributed by atoms with Crippen molar-refractivity contribution in [3.63, 3.8) is 0 Å². The molecular weight excluding hydrogens is 402 g/mol. The number of carbonyl (C=O) groups is 1. The summed E-state index contributed by atoms with van der Waals surface area (Å²) in [6, 6.07) is 15.4. The quantitative estimate of drug-likeness (QED) is 0.616. The molecule has 1 amide bonds. The molecule has 1 N–H and O–H groups in total. The first-order chi connectivity index (χ1) is 12.1. The predicted octanol–water partition coefficient (Wildman–Crippen LogP) is 3.85. The Morgan fingerprint density at radius 2 is 1.88 bits per heavy atom. The number of aromatic nitrogens is 4. The molecule has 0 radical (unpaired) electrons. The summed E-state index contributed by atoms with van der Waals surface area (Å²) in [6.45, 7) is 2.01. The molecule has 6 nitrogen and oxygen atoms in total. The Labute approximate surface area is 158 Å². The summed E-state index contributed by atoms with van der Waals surface area (Å²) >= 11 is 4.85. The lowest BCUT2D eigenvalue weighted by Gasteiger charge is -2.06. The molecule has 2 aromatic carbocycles. The van der Waals surface area contributed by atoms with Crippen molar-refractivity contribution in [2.75, 3.05) is 11.1 Å². The molecular formula is C17H16BrN5OS. The fourth-order valence-corrected chi connectivity index (χ4v) is 3.20. The predicted molar refractivity (Wildman–Crippen MR) is 102 cm³/mol. The Bertz CT molecular complexity index is 848. The Morgan fingerprint density at radius 3 is 2.60 bits per heavy atom. The van der Waals surface area contributed by atoms with E-state index in [1.807, 2.05) is 55.5 Å². The normalized spacial score (nSPS) is 10.6. The summed E-state index contributed by atoms with van der Waals surface area (Å²) < 4.78 is 2.65. The van der Waals surface area contributed by atoms with Gasteiger partial charge < -0.3 is 5.32 Å². The molecule has 1 heterocycles. The molecule has 0 saturated carbocycles. The van der Waals surface area contributed by atoms with Crippen molar-refractivity contribution in [3.05, 3.63) is 58.6 Å². The summed E-state index contributed by atoms with van der Waals surface area (Å²) in [5.41, 5.74) is 2.84. The highest BCUT2D eigenvalue weighted by molar-refractivity contribution is 9.10. The molecule has 0 spiro atoms. The Kier molecular flexibility index (Phi) is 5.83. The minimum absolute atomic E-state index is 0.0287. The molecule has 0 aliphatic carbocycles. The van der Waals surface area contributed by atoms with Crippen LogP contribution in [-0.2, 0) is 4.79 Å². The zero-order valence-corrected chi connectivity index (χ0v) is 15.9. The molecule has 128 valence electrons. The molecule has 3 rings (SSSR count). The van der Waals surface area contributed by atoms with Crippen LogP contribution in [0.15, 0.2) is 58.2 Å². The number of benzene rings is 2. The first-order valence-electron chi connectivity index (χ1n) is 7.65. The van der Waals surface area contributed by atoms with Crippen molar-refractivity contribution in [1.82, 2.24) is 20.2 Å². The van der Waals surface area contributed by atoms with E-state index in [0.717, 1.165) is 21.4 Å². The van der Waals surface area contributed by atoms with E-state index in [9.17, 15) is 4.79 Å². The van der Waals surface area contributed by atoms with Crippen molar-refractivity contribution >= 4 is 39.3 Å². The average molecular weight is 418 g/mol. The van der Waals surface area contributed by atoms with E-state index in [1.165, 1.54) is 11.8 Å². The van der Waals surface area contributed by atoms with Crippen LogP contribution >= 0.6 is 27.7 Å². The van der Waals surface area contributed by atoms with Gasteiger partial charge in [0.1, 0.15) is 0 Å². The van der Waals surface area contributed by atoms with Crippen molar-refractivity contribution in [2.24, 2.45) is 0 Å². The van der Waals surface area contributed by atoms with Gasteiger partial charge in [0.25, 0.3) is 0 Å². The van der Waals surface area contributed by atoms with Crippen LogP contribution < -0.4 is 5.32 Å². The Morgan fingerprint density at radius 1 is 1.16 bits per heavy atom. The van der Waals surface area contributed by atoms with Gasteiger partial charge in [-0.1, -0.05) is 45.4 Å². The SMILES string of the molecule is Cc1ccc(NC(=O)CCSc2nnnn2-c2ccc(Br)cc2)cc1. The second kappa shape index (κ2) is 8.26. The van der Waals surface area contributed by atoms with Gasteiger partial charge in [0, 0.05) is 22.3 Å². The van der Waals surface area contributed by atoms with Crippen LogP contribution in [-0.4, -0.2) is 31.9 Å². The topological polar surface area (TPSA) is 72.7 Å². The minimum Gasteiger partial charge on any atom is -0.326 e. The molecule has 0 saturated heterocycles. The van der Waals surface area contributed by atoms with Gasteiger partial charge in [-0.3, -0.25) is 4.79 Å². The third kappa shape index (κ3) is 4.90. The van der Waals surface area contributed by atoms with E-state index in [4.69, 9.17) is 0 Å². The standard InChI is InChI=1S/C17H16BrN5OS/c1-12-2-6-14(7-3-12)19-16(24)10-11-25-17-20-21-22-23(17)15-8-4-13(18)5-9-15/h2-9H,10-11H2,1H3,(H,19,24). The van der Waals surface area contributed by atoms with Gasteiger partial charge in [0.15, 0.2) is 0 Å².